The van der Waals surface area contributed by atoms with Crippen LogP contribution in [0, 0.1) is 0 Å². The Morgan fingerprint density at radius 3 is 2.24 bits per heavy atom. The van der Waals surface area contributed by atoms with Crippen LogP contribution >= 0.6 is 0 Å². The fourth-order valence-corrected chi connectivity index (χ4v) is 4.44. The quantitative estimate of drug-likeness (QED) is 0.789. The summed E-state index contributed by atoms with van der Waals surface area (Å²) in [5.74, 6) is 0. The molecule has 9 heteroatoms. The molecule has 1 atom stereocenters. The fraction of sp³-hybridized carbons (Fsp3) is 0.500. The molecule has 0 aromatic heterocycles. The van der Waals surface area contributed by atoms with Crippen molar-refractivity contribution in [2.75, 3.05) is 20.1 Å². The number of nitrogens with zero attached hydrogens (tertiary/aromatic N) is 1. The van der Waals surface area contributed by atoms with Crippen molar-refractivity contribution in [1.82, 2.24) is 9.03 Å². The van der Waals surface area contributed by atoms with Crippen LogP contribution in [0.4, 0.5) is 0 Å². The summed E-state index contributed by atoms with van der Waals surface area (Å²) in [7, 11) is -6.01. The van der Waals surface area contributed by atoms with E-state index in [-0.39, 0.29) is 16.3 Å². The second-order valence-electron chi connectivity index (χ2n) is 4.84. The molecular formula is C12H18N2O5S2. The van der Waals surface area contributed by atoms with Gasteiger partial charge in [-0.05, 0) is 44.2 Å². The van der Waals surface area contributed by atoms with Gasteiger partial charge in [-0.2, -0.15) is 4.31 Å². The third-order valence-corrected chi connectivity index (χ3v) is 6.71. The molecular weight excluding hydrogens is 316 g/mol. The van der Waals surface area contributed by atoms with Gasteiger partial charge in [-0.3, -0.25) is 0 Å². The zero-order chi connectivity index (χ0) is 15.7. The Bertz CT molecular complexity index is 698. The maximum absolute atomic E-state index is 12.4. The highest BCUT2D eigenvalue weighted by atomic mass is 32.2. The number of hydrogen-bond acceptors (Lipinski definition) is 5. The van der Waals surface area contributed by atoms with Crippen LogP contribution < -0.4 is 4.72 Å². The van der Waals surface area contributed by atoms with Gasteiger partial charge in [0.1, 0.15) is 0 Å². The number of piperidine rings is 1. The van der Waals surface area contributed by atoms with E-state index in [0.717, 1.165) is 0 Å². The van der Waals surface area contributed by atoms with Crippen LogP contribution in [0.15, 0.2) is 34.1 Å². The molecule has 2 rings (SSSR count). The van der Waals surface area contributed by atoms with Gasteiger partial charge < -0.3 is 5.11 Å². The molecule has 0 amide bonds. The average Bonchev–Trinajstić information content (AvgIpc) is 2.47. The minimum atomic E-state index is -3.71. The molecule has 0 bridgehead atoms. The highest BCUT2D eigenvalue weighted by Gasteiger charge is 2.29. The van der Waals surface area contributed by atoms with Crippen molar-refractivity contribution in [3.8, 4) is 0 Å². The zero-order valence-corrected chi connectivity index (χ0v) is 13.2. The number of β-amino-alcohol motifs (C(OH)–C–C–N with tert-alkyl or cyclic N) is 1. The molecule has 0 unspecified atom stereocenters. The molecule has 1 aromatic carbocycles. The maximum Gasteiger partial charge on any atom is 0.243 e. The van der Waals surface area contributed by atoms with E-state index in [0.29, 0.717) is 19.4 Å². The van der Waals surface area contributed by atoms with E-state index in [2.05, 4.69) is 4.72 Å². The van der Waals surface area contributed by atoms with Crippen LogP contribution in [0.2, 0.25) is 0 Å². The lowest BCUT2D eigenvalue weighted by atomic mass is 10.1. The zero-order valence-electron chi connectivity index (χ0n) is 11.6. The van der Waals surface area contributed by atoms with Gasteiger partial charge in [0.15, 0.2) is 0 Å². The maximum atomic E-state index is 12.4. The first-order valence-electron chi connectivity index (χ1n) is 6.49. The molecule has 0 aliphatic carbocycles. The number of benzene rings is 1. The van der Waals surface area contributed by atoms with E-state index in [1.54, 1.807) is 0 Å². The smallest absolute Gasteiger partial charge is 0.243 e. The Kier molecular flexibility index (Phi) is 4.69. The van der Waals surface area contributed by atoms with Crippen molar-refractivity contribution in [2.45, 2.75) is 28.7 Å². The lowest BCUT2D eigenvalue weighted by Crippen LogP contribution is -2.42. The van der Waals surface area contributed by atoms with E-state index >= 15 is 0 Å². The van der Waals surface area contributed by atoms with Crippen LogP contribution in [0.3, 0.4) is 0 Å². The first-order valence-corrected chi connectivity index (χ1v) is 9.41. The Morgan fingerprint density at radius 2 is 1.71 bits per heavy atom. The van der Waals surface area contributed by atoms with Crippen LogP contribution in [-0.4, -0.2) is 52.5 Å². The molecule has 1 aliphatic heterocycles. The largest absolute Gasteiger partial charge is 0.392 e. The molecule has 7 nitrogen and oxygen atoms in total. The second kappa shape index (κ2) is 6.01. The molecule has 2 N–H and O–H groups in total. The number of aliphatic hydroxyl groups is 1. The molecule has 1 saturated heterocycles. The Morgan fingerprint density at radius 1 is 1.14 bits per heavy atom. The van der Waals surface area contributed by atoms with Crippen molar-refractivity contribution in [2.24, 2.45) is 0 Å². The fourth-order valence-electron chi connectivity index (χ4n) is 2.20. The van der Waals surface area contributed by atoms with E-state index in [1.165, 1.54) is 35.6 Å². The van der Waals surface area contributed by atoms with E-state index in [4.69, 9.17) is 0 Å². The molecule has 0 spiro atoms. The predicted octanol–water partition coefficient (Wildman–Crippen LogP) is -0.260. The SMILES string of the molecule is CNS(=O)(=O)c1ccc(S(=O)(=O)N2CCC[C@H](O)C2)cc1. The third-order valence-electron chi connectivity index (χ3n) is 3.40. The van der Waals surface area contributed by atoms with E-state index in [9.17, 15) is 21.9 Å². The van der Waals surface area contributed by atoms with Crippen molar-refractivity contribution in [3.63, 3.8) is 0 Å². The van der Waals surface area contributed by atoms with Crippen molar-refractivity contribution < 1.29 is 21.9 Å². The summed E-state index contributed by atoms with van der Waals surface area (Å²) in [6, 6.07) is 5.03. The number of nitrogens with one attached hydrogen (secondary N) is 1. The van der Waals surface area contributed by atoms with Crippen molar-refractivity contribution in [3.05, 3.63) is 24.3 Å². The monoisotopic (exact) mass is 334 g/mol. The number of hydrogen-bond donors (Lipinski definition) is 2. The van der Waals surface area contributed by atoms with Crippen LogP contribution in [-0.2, 0) is 20.0 Å². The lowest BCUT2D eigenvalue weighted by molar-refractivity contribution is 0.108. The number of aliphatic hydroxyl groups excluding tert-OH is 1. The predicted molar refractivity (Wildman–Crippen MR) is 76.7 cm³/mol. The molecule has 1 heterocycles. The van der Waals surface area contributed by atoms with Gasteiger partial charge in [-0.15, -0.1) is 0 Å². The first kappa shape index (κ1) is 16.4. The summed E-state index contributed by atoms with van der Waals surface area (Å²) in [6.07, 6.45) is 0.537. The summed E-state index contributed by atoms with van der Waals surface area (Å²) in [4.78, 5) is 0.0225. The highest BCUT2D eigenvalue weighted by Crippen LogP contribution is 2.22. The van der Waals surface area contributed by atoms with Crippen molar-refractivity contribution in [1.29, 1.82) is 0 Å². The summed E-state index contributed by atoms with van der Waals surface area (Å²) in [6.45, 7) is 0.425. The van der Waals surface area contributed by atoms with Gasteiger partial charge in [-0.1, -0.05) is 0 Å². The standard InChI is InChI=1S/C12H18N2O5S2/c1-13-20(16,17)11-4-6-12(7-5-11)21(18,19)14-8-2-3-10(15)9-14/h4-7,10,13,15H,2-3,8-9H2,1H3/t10-/m0/s1. The van der Waals surface area contributed by atoms with Gasteiger partial charge in [0, 0.05) is 13.1 Å². The lowest BCUT2D eigenvalue weighted by Gasteiger charge is -2.29. The van der Waals surface area contributed by atoms with Crippen LogP contribution in [0.1, 0.15) is 12.8 Å². The average molecular weight is 334 g/mol. The topological polar surface area (TPSA) is 104 Å². The molecule has 1 aliphatic rings. The Balaban J connectivity index is 2.29. The van der Waals surface area contributed by atoms with Gasteiger partial charge >= 0.3 is 0 Å². The van der Waals surface area contributed by atoms with Gasteiger partial charge in [0.2, 0.25) is 20.0 Å². The van der Waals surface area contributed by atoms with Crippen molar-refractivity contribution >= 4 is 20.0 Å². The minimum absolute atomic E-state index is 0.00243. The van der Waals surface area contributed by atoms with Crippen LogP contribution in [0.25, 0.3) is 0 Å². The second-order valence-corrected chi connectivity index (χ2v) is 8.66. The molecule has 1 aromatic rings. The summed E-state index contributed by atoms with van der Waals surface area (Å²) < 4.78 is 51.4. The van der Waals surface area contributed by atoms with E-state index in [1.807, 2.05) is 0 Å². The summed E-state index contributed by atoms with van der Waals surface area (Å²) in [5.41, 5.74) is 0. The Labute approximate surface area is 124 Å². The third kappa shape index (κ3) is 3.43. The minimum Gasteiger partial charge on any atom is -0.392 e. The van der Waals surface area contributed by atoms with Crippen LogP contribution in [0.5, 0.6) is 0 Å². The van der Waals surface area contributed by atoms with Gasteiger partial charge in [0.05, 0.1) is 15.9 Å². The molecule has 0 saturated carbocycles. The molecule has 0 radical (unpaired) electrons. The normalized spacial score (nSPS) is 21.3. The van der Waals surface area contributed by atoms with Gasteiger partial charge in [0.25, 0.3) is 0 Å². The van der Waals surface area contributed by atoms with E-state index < -0.39 is 26.2 Å². The summed E-state index contributed by atoms with van der Waals surface area (Å²) in [5, 5.41) is 9.58. The molecule has 118 valence electrons. The number of sulfonamides is 2. The number of rotatable bonds is 4. The molecule has 21 heavy (non-hydrogen) atoms. The Hall–Kier alpha value is -1.00. The highest BCUT2D eigenvalue weighted by molar-refractivity contribution is 7.89. The summed E-state index contributed by atoms with van der Waals surface area (Å²) >= 11 is 0. The first-order chi connectivity index (χ1) is 9.77. The van der Waals surface area contributed by atoms with Gasteiger partial charge in [-0.25, -0.2) is 21.6 Å². The molecule has 1 fully saturated rings.